The van der Waals surface area contributed by atoms with Gasteiger partial charge in [-0.15, -0.1) is 5.53 Å². The van der Waals surface area contributed by atoms with Crippen LogP contribution in [0.15, 0.2) is 0 Å². The molecule has 2 N–H and O–H groups in total. The Morgan fingerprint density at radius 2 is 1.75 bits per heavy atom. The lowest BCUT2D eigenvalue weighted by Crippen LogP contribution is -1.93. The van der Waals surface area contributed by atoms with Crippen LogP contribution in [-0.4, -0.2) is 18.1 Å². The third-order valence-corrected chi connectivity index (χ3v) is 1.75. The summed E-state index contributed by atoms with van der Waals surface area (Å²) in [6, 6.07) is 0. The molecule has 72 valence electrons. The van der Waals surface area contributed by atoms with E-state index in [9.17, 15) is 4.57 Å². The number of phosphoric acid groups is 1. The Labute approximate surface area is 70.3 Å². The Morgan fingerprint density at radius 3 is 1.92 bits per heavy atom. The highest BCUT2D eigenvalue weighted by Crippen LogP contribution is 2.42. The van der Waals surface area contributed by atoms with Gasteiger partial charge in [0.1, 0.15) is 0 Å². The van der Waals surface area contributed by atoms with E-state index in [0.29, 0.717) is 0 Å². The quantitative estimate of drug-likeness (QED) is 0.310. The van der Waals surface area contributed by atoms with Crippen molar-refractivity contribution >= 4 is 7.82 Å². The van der Waals surface area contributed by atoms with Crippen LogP contribution in [0.4, 0.5) is 0 Å². The topological polar surface area (TPSA) is 116 Å². The second-order valence-electron chi connectivity index (χ2n) is 1.40. The molecule has 0 saturated carbocycles. The fraction of sp³-hybridized carbons (Fsp3) is 1.00. The van der Waals surface area contributed by atoms with Crippen LogP contribution in [-0.2, 0) is 13.6 Å². The van der Waals surface area contributed by atoms with E-state index in [1.54, 1.807) is 18.8 Å². The Balaban J connectivity index is 0. The Bertz CT molecular complexity index is 169. The van der Waals surface area contributed by atoms with E-state index in [1.165, 1.54) is 0 Å². The molecule has 7 nitrogen and oxygen atoms in total. The predicted octanol–water partition coefficient (Wildman–Crippen LogP) is 2.04. The second-order valence-corrected chi connectivity index (χ2v) is 2.86. The molecule has 8 heteroatoms. The molecule has 0 aromatic rings. The maximum atomic E-state index is 10.5. The fourth-order valence-corrected chi connectivity index (χ4v) is 1.09. The number of rotatable bonds is 4. The first-order chi connectivity index (χ1) is 5.54. The lowest BCUT2D eigenvalue weighted by Gasteiger charge is -2.07. The molecule has 0 amide bonds. The monoisotopic (exact) mass is 197 g/mol. The molecule has 0 aliphatic rings. The van der Waals surface area contributed by atoms with Crippen molar-refractivity contribution in [2.45, 2.75) is 13.8 Å². The van der Waals surface area contributed by atoms with Gasteiger partial charge in [0, 0.05) is 0 Å². The molecule has 0 heterocycles. The maximum Gasteiger partial charge on any atom is 0.472 e. The maximum absolute atomic E-state index is 10.5. The highest BCUT2D eigenvalue weighted by Gasteiger charge is 2.17. The first-order valence-electron chi connectivity index (χ1n) is 3.16. The van der Waals surface area contributed by atoms with E-state index in [4.69, 9.17) is 16.0 Å². The van der Waals surface area contributed by atoms with Gasteiger partial charge in [0.25, 0.3) is 0 Å². The van der Waals surface area contributed by atoms with Crippen molar-refractivity contribution in [3.8, 4) is 0 Å². The summed E-state index contributed by atoms with van der Waals surface area (Å²) >= 11 is 0. The minimum Gasteiger partial charge on any atom is -0.302 e. The summed E-state index contributed by atoms with van der Waals surface area (Å²) in [4.78, 5) is 10.4. The average molecular weight is 197 g/mol. The van der Waals surface area contributed by atoms with Gasteiger partial charge in [-0.25, -0.2) is 4.57 Å². The minimum atomic E-state index is -3.69. The Morgan fingerprint density at radius 1 is 1.50 bits per heavy atom. The molecule has 0 fully saturated rings. The van der Waals surface area contributed by atoms with Crippen LogP contribution in [0.3, 0.4) is 0 Å². The van der Waals surface area contributed by atoms with Crippen LogP contribution in [0, 0.1) is 5.53 Å². The van der Waals surface area contributed by atoms with Gasteiger partial charge in [-0.1, -0.05) is 0 Å². The third kappa shape index (κ3) is 12.1. The van der Waals surface area contributed by atoms with Gasteiger partial charge in [0.2, 0.25) is 0 Å². The van der Waals surface area contributed by atoms with Crippen molar-refractivity contribution in [2.24, 2.45) is 0 Å². The predicted molar refractivity (Wildman–Crippen MR) is 42.5 cm³/mol. The largest absolute Gasteiger partial charge is 0.472 e. The molecular formula is C4H12N3O4P. The van der Waals surface area contributed by atoms with E-state index in [2.05, 4.69) is 9.05 Å². The van der Waals surface area contributed by atoms with Crippen LogP contribution >= 0.6 is 7.82 Å². The zero-order valence-corrected chi connectivity index (χ0v) is 7.82. The zero-order chi connectivity index (χ0) is 10.0. The number of hydrogen-bond acceptors (Lipinski definition) is 4. The molecule has 0 unspecified atom stereocenters. The van der Waals surface area contributed by atoms with E-state index >= 15 is 0 Å². The van der Waals surface area contributed by atoms with Crippen molar-refractivity contribution in [3.05, 3.63) is 10.4 Å². The van der Waals surface area contributed by atoms with Gasteiger partial charge in [-0.05, 0) is 24.3 Å². The molecule has 0 aromatic carbocycles. The van der Waals surface area contributed by atoms with Gasteiger partial charge in [0.05, 0.1) is 13.2 Å². The van der Waals surface area contributed by atoms with Crippen LogP contribution in [0.5, 0.6) is 0 Å². The molecule has 0 aliphatic heterocycles. The second kappa shape index (κ2) is 8.52. The van der Waals surface area contributed by atoms with Gasteiger partial charge in [-0.2, -0.15) is 0 Å². The SMILES string of the molecule is CCOP(=O)(O)OCC.[N-]=[N+]=N. The first kappa shape index (κ1) is 14.0. The number of nitrogens with zero attached hydrogens (tertiary/aromatic N) is 2. The molecule has 0 bridgehead atoms. The van der Waals surface area contributed by atoms with E-state index in [0.717, 1.165) is 0 Å². The van der Waals surface area contributed by atoms with E-state index in [-0.39, 0.29) is 13.2 Å². The summed E-state index contributed by atoms with van der Waals surface area (Å²) in [5, 5.41) is 0. The van der Waals surface area contributed by atoms with Crippen LogP contribution in [0.1, 0.15) is 13.8 Å². The highest BCUT2D eigenvalue weighted by molar-refractivity contribution is 7.47. The van der Waals surface area contributed by atoms with Crippen LogP contribution in [0.2, 0.25) is 0 Å². The summed E-state index contributed by atoms with van der Waals surface area (Å²) < 4.78 is 19.2. The lowest BCUT2D eigenvalue weighted by atomic mass is 10.9. The van der Waals surface area contributed by atoms with Crippen LogP contribution < -0.4 is 0 Å². The molecule has 0 aromatic heterocycles. The summed E-state index contributed by atoms with van der Waals surface area (Å²) in [5.41, 5.74) is 12.2. The van der Waals surface area contributed by atoms with E-state index in [1.807, 2.05) is 0 Å². The molecule has 0 saturated heterocycles. The molecule has 0 aliphatic carbocycles. The van der Waals surface area contributed by atoms with Gasteiger partial charge >= 0.3 is 7.82 Å². The molecule has 0 rings (SSSR count). The van der Waals surface area contributed by atoms with Gasteiger partial charge in [-0.3, -0.25) is 9.05 Å². The number of nitrogens with one attached hydrogen (secondary N) is 1. The smallest absolute Gasteiger partial charge is 0.302 e. The zero-order valence-electron chi connectivity index (χ0n) is 6.93. The van der Waals surface area contributed by atoms with Gasteiger partial charge < -0.3 is 4.89 Å². The highest BCUT2D eigenvalue weighted by atomic mass is 31.2. The fourth-order valence-electron chi connectivity index (χ4n) is 0.364. The summed E-state index contributed by atoms with van der Waals surface area (Å²) in [7, 11) is -3.69. The molecular weight excluding hydrogens is 185 g/mol. The third-order valence-electron chi connectivity index (χ3n) is 0.584. The minimum absolute atomic E-state index is 0.188. The summed E-state index contributed by atoms with van der Waals surface area (Å²) in [6.45, 7) is 3.63. The number of hydrogen-bond donors (Lipinski definition) is 2. The standard InChI is InChI=1S/C4H11O4P.HN3/c1-3-7-9(5,6)8-4-2;1-3-2/h3-4H2,1-2H3,(H,5,6);1H. The normalized spacial score (nSPS) is 9.58. The number of phosphoric ester groups is 1. The van der Waals surface area contributed by atoms with Crippen molar-refractivity contribution < 1.29 is 18.5 Å². The van der Waals surface area contributed by atoms with Crippen molar-refractivity contribution in [1.82, 2.24) is 0 Å². The van der Waals surface area contributed by atoms with Crippen molar-refractivity contribution in [1.29, 1.82) is 5.53 Å². The van der Waals surface area contributed by atoms with E-state index < -0.39 is 7.82 Å². The van der Waals surface area contributed by atoms with Crippen LogP contribution in [0.25, 0.3) is 10.4 Å². The molecule has 12 heavy (non-hydrogen) atoms. The molecule has 0 radical (unpaired) electrons. The Hall–Kier alpha value is -0.580. The lowest BCUT2D eigenvalue weighted by molar-refractivity contribution is 0.161. The molecule has 0 spiro atoms. The summed E-state index contributed by atoms with van der Waals surface area (Å²) in [5.74, 6) is 0. The van der Waals surface area contributed by atoms with Gasteiger partial charge in [0.15, 0.2) is 0 Å². The van der Waals surface area contributed by atoms with Crippen molar-refractivity contribution in [2.75, 3.05) is 13.2 Å². The summed E-state index contributed by atoms with van der Waals surface area (Å²) in [6.07, 6.45) is 0. The first-order valence-corrected chi connectivity index (χ1v) is 4.66. The van der Waals surface area contributed by atoms with Crippen molar-refractivity contribution in [3.63, 3.8) is 0 Å². The molecule has 0 atom stereocenters. The Kier molecular flexibility index (Phi) is 9.92. The average Bonchev–Trinajstić information content (AvgIpc) is 1.88.